The van der Waals surface area contributed by atoms with Gasteiger partial charge in [0.25, 0.3) is 11.8 Å². The first kappa shape index (κ1) is 26.3. The predicted molar refractivity (Wildman–Crippen MR) is 139 cm³/mol. The number of carbonyl (C=O) groups excluding carboxylic acids is 2. The fourth-order valence-electron chi connectivity index (χ4n) is 5.94. The summed E-state index contributed by atoms with van der Waals surface area (Å²) in [6.45, 7) is 6.77. The smallest absolute Gasteiger partial charge is 0.349 e. The minimum atomic E-state index is -4.64. The second kappa shape index (κ2) is 10.1. The van der Waals surface area contributed by atoms with Gasteiger partial charge in [-0.1, -0.05) is 42.8 Å². The normalized spacial score (nSPS) is 22.9. The first-order chi connectivity index (χ1) is 18.0. The number of hydrogen-bond acceptors (Lipinski definition) is 5. The lowest BCUT2D eigenvalue weighted by molar-refractivity contribution is -0.141. The fourth-order valence-corrected chi connectivity index (χ4v) is 6.84. The molecule has 1 saturated heterocycles. The van der Waals surface area contributed by atoms with Crippen molar-refractivity contribution < 1.29 is 22.8 Å². The summed E-state index contributed by atoms with van der Waals surface area (Å²) < 4.78 is 39.3. The molecule has 2 amide bonds. The van der Waals surface area contributed by atoms with Crippen molar-refractivity contribution in [2.24, 2.45) is 17.8 Å². The van der Waals surface area contributed by atoms with Gasteiger partial charge in [0.05, 0.1) is 15.9 Å². The average molecular weight is 543 g/mol. The van der Waals surface area contributed by atoms with Crippen LogP contribution in [0, 0.1) is 31.6 Å². The number of amides is 2. The lowest BCUT2D eigenvalue weighted by Gasteiger charge is -2.28. The van der Waals surface area contributed by atoms with Gasteiger partial charge in [0.2, 0.25) is 0 Å². The summed E-state index contributed by atoms with van der Waals surface area (Å²) in [7, 11) is 0. The molecule has 1 unspecified atom stereocenters. The summed E-state index contributed by atoms with van der Waals surface area (Å²) in [5, 5.41) is 3.55. The van der Waals surface area contributed by atoms with Gasteiger partial charge in [-0.15, -0.1) is 11.3 Å². The molecule has 1 aromatic carbocycles. The Morgan fingerprint density at radius 1 is 1.11 bits per heavy atom. The minimum Gasteiger partial charge on any atom is -0.349 e. The van der Waals surface area contributed by atoms with Crippen LogP contribution in [0.25, 0.3) is 10.4 Å². The molecule has 6 nitrogen and oxygen atoms in total. The predicted octanol–water partition coefficient (Wildman–Crippen LogP) is 5.76. The summed E-state index contributed by atoms with van der Waals surface area (Å²) in [4.78, 5) is 37.5. The monoisotopic (exact) mass is 542 g/mol. The zero-order valence-corrected chi connectivity index (χ0v) is 22.2. The van der Waals surface area contributed by atoms with Crippen molar-refractivity contribution >= 4 is 23.2 Å². The Labute approximate surface area is 223 Å². The molecular formula is C28H29F3N4O2S. The Morgan fingerprint density at radius 3 is 2.61 bits per heavy atom. The Morgan fingerprint density at radius 2 is 1.87 bits per heavy atom. The van der Waals surface area contributed by atoms with Crippen molar-refractivity contribution in [3.63, 3.8) is 0 Å². The van der Waals surface area contributed by atoms with Crippen LogP contribution in [0.1, 0.15) is 57.0 Å². The number of likely N-dealkylation sites (tertiary alicyclic amines) is 1. The number of carbonyl (C=O) groups is 2. The van der Waals surface area contributed by atoms with Gasteiger partial charge in [-0.25, -0.2) is 9.97 Å². The lowest BCUT2D eigenvalue weighted by Crippen LogP contribution is -2.46. The summed E-state index contributed by atoms with van der Waals surface area (Å²) in [6.07, 6.45) is -2.72. The highest BCUT2D eigenvalue weighted by molar-refractivity contribution is 7.15. The number of fused-ring (bicyclic) bond motifs is 1. The Kier molecular flexibility index (Phi) is 7.02. The van der Waals surface area contributed by atoms with E-state index in [1.807, 2.05) is 43.0 Å². The van der Waals surface area contributed by atoms with E-state index in [4.69, 9.17) is 0 Å². The molecule has 1 saturated carbocycles. The topological polar surface area (TPSA) is 75.2 Å². The highest BCUT2D eigenvalue weighted by atomic mass is 32.1. The molecule has 200 valence electrons. The number of benzene rings is 1. The summed E-state index contributed by atoms with van der Waals surface area (Å²) >= 11 is 1.48. The molecule has 3 heterocycles. The highest BCUT2D eigenvalue weighted by Crippen LogP contribution is 2.46. The van der Waals surface area contributed by atoms with Crippen molar-refractivity contribution in [1.29, 1.82) is 0 Å². The van der Waals surface area contributed by atoms with Crippen molar-refractivity contribution in [1.82, 2.24) is 20.2 Å². The van der Waals surface area contributed by atoms with Gasteiger partial charge in [-0.2, -0.15) is 13.2 Å². The molecule has 1 aliphatic heterocycles. The molecule has 4 atom stereocenters. The van der Waals surface area contributed by atoms with Gasteiger partial charge in [0.1, 0.15) is 17.1 Å². The van der Waals surface area contributed by atoms with Gasteiger partial charge in [0.15, 0.2) is 0 Å². The van der Waals surface area contributed by atoms with E-state index < -0.39 is 17.8 Å². The molecule has 2 aliphatic rings. The number of hydrogen-bond donors (Lipinski definition) is 1. The molecule has 3 aromatic rings. The van der Waals surface area contributed by atoms with Crippen LogP contribution in [0.2, 0.25) is 0 Å². The number of pyridine rings is 1. The number of nitrogens with zero attached hydrogens (tertiary/aromatic N) is 3. The van der Waals surface area contributed by atoms with E-state index in [2.05, 4.69) is 22.2 Å². The average Bonchev–Trinajstić information content (AvgIpc) is 3.53. The second-order valence-electron chi connectivity index (χ2n) is 10.4. The number of thiazole rings is 1. The fraction of sp³-hybridized carbons (Fsp3) is 0.429. The highest BCUT2D eigenvalue weighted by Gasteiger charge is 2.48. The number of alkyl halides is 3. The third-order valence-corrected chi connectivity index (χ3v) is 8.55. The van der Waals surface area contributed by atoms with Crippen LogP contribution in [0.4, 0.5) is 13.2 Å². The van der Waals surface area contributed by atoms with Gasteiger partial charge >= 0.3 is 6.18 Å². The molecule has 10 heteroatoms. The summed E-state index contributed by atoms with van der Waals surface area (Å²) in [5.74, 6) is 0.151. The molecule has 1 aliphatic carbocycles. The first-order valence-electron chi connectivity index (χ1n) is 12.7. The van der Waals surface area contributed by atoms with E-state index in [1.54, 1.807) is 0 Å². The van der Waals surface area contributed by atoms with E-state index in [0.29, 0.717) is 24.1 Å². The summed E-state index contributed by atoms with van der Waals surface area (Å²) in [5.41, 5.74) is 1.01. The SMILES string of the molecule is Cc1cccc(-c2sc(C)nc2C(=O)N2C[C@@H]3CC(C)C[C@@H]3[C@H]2CNC(=O)c2cccc(C(F)(F)F)n2)c1. The van der Waals surface area contributed by atoms with Gasteiger partial charge < -0.3 is 10.2 Å². The summed E-state index contributed by atoms with van der Waals surface area (Å²) in [6, 6.07) is 10.9. The van der Waals surface area contributed by atoms with E-state index in [-0.39, 0.29) is 30.1 Å². The van der Waals surface area contributed by atoms with Crippen LogP contribution in [-0.4, -0.2) is 45.8 Å². The Hall–Kier alpha value is -3.27. The van der Waals surface area contributed by atoms with Crippen molar-refractivity contribution in [2.75, 3.05) is 13.1 Å². The molecule has 5 rings (SSSR count). The molecule has 0 bridgehead atoms. The molecule has 1 N–H and O–H groups in total. The van der Waals surface area contributed by atoms with Crippen LogP contribution >= 0.6 is 11.3 Å². The zero-order valence-electron chi connectivity index (χ0n) is 21.4. The third kappa shape index (κ3) is 5.18. The minimum absolute atomic E-state index is 0.138. The van der Waals surface area contributed by atoms with E-state index in [9.17, 15) is 22.8 Å². The van der Waals surface area contributed by atoms with E-state index >= 15 is 0 Å². The van der Waals surface area contributed by atoms with Crippen LogP contribution in [0.3, 0.4) is 0 Å². The van der Waals surface area contributed by atoms with Crippen LogP contribution in [0.5, 0.6) is 0 Å². The van der Waals surface area contributed by atoms with E-state index in [0.717, 1.165) is 39.9 Å². The van der Waals surface area contributed by atoms with Crippen LogP contribution in [-0.2, 0) is 6.18 Å². The first-order valence-corrected chi connectivity index (χ1v) is 13.5. The maximum absolute atomic E-state index is 14.0. The largest absolute Gasteiger partial charge is 0.433 e. The van der Waals surface area contributed by atoms with Crippen molar-refractivity contribution in [3.8, 4) is 10.4 Å². The zero-order chi connectivity index (χ0) is 27.2. The second-order valence-corrected chi connectivity index (χ2v) is 11.6. The lowest BCUT2D eigenvalue weighted by atomic mass is 9.93. The number of aryl methyl sites for hydroxylation is 2. The molecule has 2 fully saturated rings. The number of aromatic nitrogens is 2. The van der Waals surface area contributed by atoms with Gasteiger partial charge in [-0.05, 0) is 62.1 Å². The maximum Gasteiger partial charge on any atom is 0.433 e. The number of halogens is 3. The molecule has 38 heavy (non-hydrogen) atoms. The number of rotatable bonds is 5. The van der Waals surface area contributed by atoms with Crippen LogP contribution in [0.15, 0.2) is 42.5 Å². The van der Waals surface area contributed by atoms with Gasteiger partial charge in [-0.3, -0.25) is 9.59 Å². The quantitative estimate of drug-likeness (QED) is 0.445. The molecule has 0 radical (unpaired) electrons. The maximum atomic E-state index is 14.0. The van der Waals surface area contributed by atoms with E-state index in [1.165, 1.54) is 23.5 Å². The molecule has 2 aromatic heterocycles. The van der Waals surface area contributed by atoms with Crippen LogP contribution < -0.4 is 5.32 Å². The number of nitrogens with one attached hydrogen (secondary N) is 1. The standard InChI is InChI=1S/C28H29F3N4O2S/c1-15-6-4-7-18(10-15)25-24(33-17(3)38-25)27(37)35-14-19-11-16(2)12-20(19)22(35)13-32-26(36)21-8-5-9-23(34-21)28(29,30)31/h4-10,16,19-20,22H,11-14H2,1-3H3,(H,32,36)/t16?,19-,20-,22+/m0/s1. The molecular weight excluding hydrogens is 513 g/mol. The van der Waals surface area contributed by atoms with Gasteiger partial charge in [0, 0.05) is 13.1 Å². The Bertz CT molecular complexity index is 1370. The third-order valence-electron chi connectivity index (χ3n) is 7.53. The van der Waals surface area contributed by atoms with Crippen molar-refractivity contribution in [2.45, 2.75) is 45.8 Å². The molecule has 0 spiro atoms. The Balaban J connectivity index is 1.39. The van der Waals surface area contributed by atoms with Crippen molar-refractivity contribution in [3.05, 3.63) is 70.1 Å².